The monoisotopic (exact) mass is 333 g/mol. The molecule has 1 aromatic carbocycles. The number of amides is 2. The van der Waals surface area contributed by atoms with E-state index in [2.05, 4.69) is 43.6 Å². The van der Waals surface area contributed by atoms with Crippen LogP contribution in [0.25, 0.3) is 0 Å². The molecule has 6 heteroatoms. The fourth-order valence-electron chi connectivity index (χ4n) is 3.64. The van der Waals surface area contributed by atoms with Crippen molar-refractivity contribution in [3.05, 3.63) is 23.8 Å². The van der Waals surface area contributed by atoms with Crippen LogP contribution in [0.3, 0.4) is 0 Å². The predicted molar refractivity (Wildman–Crippen MR) is 93.9 cm³/mol. The van der Waals surface area contributed by atoms with Gasteiger partial charge in [-0.2, -0.15) is 0 Å². The molecule has 6 nitrogen and oxygen atoms in total. The number of carbonyl (C=O) groups excluding carboxylic acids is 2. The number of carbonyl (C=O) groups is 2. The molecule has 0 atom stereocenters. The Labute approximate surface area is 143 Å². The third kappa shape index (κ3) is 4.71. The number of rotatable bonds is 2. The number of hydrogen-bond donors (Lipinski definition) is 4. The molecule has 2 amide bonds. The van der Waals surface area contributed by atoms with Gasteiger partial charge in [-0.05, 0) is 71.2 Å². The summed E-state index contributed by atoms with van der Waals surface area (Å²) in [5.41, 5.74) is 0.993. The van der Waals surface area contributed by atoms with Crippen molar-refractivity contribution in [2.45, 2.75) is 64.6 Å². The van der Waals surface area contributed by atoms with Gasteiger partial charge in [-0.3, -0.25) is 9.59 Å². The van der Waals surface area contributed by atoms with Crippen molar-refractivity contribution in [3.63, 3.8) is 0 Å². The first kappa shape index (κ1) is 18.3. The van der Waals surface area contributed by atoms with Crippen molar-refractivity contribution in [3.8, 4) is 5.75 Å². The molecule has 1 aromatic rings. The lowest BCUT2D eigenvalue weighted by atomic mass is 9.79. The van der Waals surface area contributed by atoms with Crippen LogP contribution in [0.1, 0.15) is 46.1 Å². The van der Waals surface area contributed by atoms with E-state index in [0.717, 1.165) is 12.8 Å². The molecule has 0 unspecified atom stereocenters. The Hall–Kier alpha value is -2.08. The Morgan fingerprint density at radius 1 is 1.12 bits per heavy atom. The topological polar surface area (TPSA) is 90.5 Å². The van der Waals surface area contributed by atoms with Gasteiger partial charge in [0.05, 0.1) is 0 Å². The van der Waals surface area contributed by atoms with Crippen molar-refractivity contribution in [2.24, 2.45) is 0 Å². The summed E-state index contributed by atoms with van der Waals surface area (Å²) in [6.07, 6.45) is 1.52. The van der Waals surface area contributed by atoms with Gasteiger partial charge in [0.1, 0.15) is 5.75 Å². The van der Waals surface area contributed by atoms with Crippen molar-refractivity contribution in [1.82, 2.24) is 10.6 Å². The first-order valence-electron chi connectivity index (χ1n) is 8.18. The third-order valence-corrected chi connectivity index (χ3v) is 4.19. The van der Waals surface area contributed by atoms with Crippen LogP contribution in [-0.2, 0) is 9.59 Å². The molecule has 0 spiro atoms. The number of phenols is 1. The summed E-state index contributed by atoms with van der Waals surface area (Å²) in [4.78, 5) is 24.4. The number of nitrogens with one attached hydrogen (secondary N) is 3. The summed E-state index contributed by atoms with van der Waals surface area (Å²) in [5.74, 6) is -1.21. The van der Waals surface area contributed by atoms with E-state index in [0.29, 0.717) is 11.3 Å². The van der Waals surface area contributed by atoms with E-state index in [1.54, 1.807) is 13.0 Å². The SMILES string of the molecule is Cc1cc(O)ccc1NC(=O)C(=O)NC1CC(C)(C)NC(C)(C)C1. The molecule has 1 aliphatic heterocycles. The lowest BCUT2D eigenvalue weighted by Crippen LogP contribution is -2.62. The average molecular weight is 333 g/mol. The predicted octanol–water partition coefficient (Wildman–Crippen LogP) is 2.06. The second kappa shape index (κ2) is 6.43. The fourth-order valence-corrected chi connectivity index (χ4v) is 3.64. The Kier molecular flexibility index (Phi) is 4.90. The van der Waals surface area contributed by atoms with Gasteiger partial charge in [0.2, 0.25) is 0 Å². The summed E-state index contributed by atoms with van der Waals surface area (Å²) in [6, 6.07) is 4.52. The van der Waals surface area contributed by atoms with Gasteiger partial charge in [-0.25, -0.2) is 0 Å². The van der Waals surface area contributed by atoms with E-state index >= 15 is 0 Å². The molecule has 0 bridgehead atoms. The molecule has 0 aliphatic carbocycles. The summed E-state index contributed by atoms with van der Waals surface area (Å²) in [6.45, 7) is 10.1. The number of benzene rings is 1. The quantitative estimate of drug-likeness (QED) is 0.493. The van der Waals surface area contributed by atoms with Crippen LogP contribution in [-0.4, -0.2) is 34.0 Å². The summed E-state index contributed by atoms with van der Waals surface area (Å²) in [7, 11) is 0. The van der Waals surface area contributed by atoms with Gasteiger partial charge < -0.3 is 21.1 Å². The first-order valence-corrected chi connectivity index (χ1v) is 8.18. The van der Waals surface area contributed by atoms with E-state index in [1.807, 2.05) is 0 Å². The summed E-state index contributed by atoms with van der Waals surface area (Å²) >= 11 is 0. The number of aryl methyl sites for hydroxylation is 1. The second-order valence-corrected chi connectivity index (χ2v) is 7.92. The number of anilines is 1. The molecule has 0 saturated carbocycles. The first-order chi connectivity index (χ1) is 11.0. The fraction of sp³-hybridized carbons (Fsp3) is 0.556. The number of hydrogen-bond acceptors (Lipinski definition) is 4. The summed E-state index contributed by atoms with van der Waals surface area (Å²) in [5, 5.41) is 18.4. The van der Waals surface area contributed by atoms with Gasteiger partial charge in [-0.1, -0.05) is 0 Å². The van der Waals surface area contributed by atoms with E-state index in [1.165, 1.54) is 12.1 Å². The second-order valence-electron chi connectivity index (χ2n) is 7.92. The molecule has 24 heavy (non-hydrogen) atoms. The van der Waals surface area contributed by atoms with Crippen LogP contribution in [0.5, 0.6) is 5.75 Å². The molecule has 1 aliphatic rings. The highest BCUT2D eigenvalue weighted by molar-refractivity contribution is 6.39. The maximum atomic E-state index is 12.2. The zero-order chi connectivity index (χ0) is 18.1. The third-order valence-electron chi connectivity index (χ3n) is 4.19. The van der Waals surface area contributed by atoms with Crippen molar-refractivity contribution >= 4 is 17.5 Å². The molecule has 0 radical (unpaired) electrons. The van der Waals surface area contributed by atoms with Gasteiger partial charge >= 0.3 is 11.8 Å². The van der Waals surface area contributed by atoms with Crippen molar-refractivity contribution < 1.29 is 14.7 Å². The molecule has 2 rings (SSSR count). The minimum Gasteiger partial charge on any atom is -0.508 e. The normalized spacial score (nSPS) is 19.5. The molecular formula is C18H27N3O3. The van der Waals surface area contributed by atoms with Crippen LogP contribution >= 0.6 is 0 Å². The molecule has 132 valence electrons. The molecule has 0 aromatic heterocycles. The lowest BCUT2D eigenvalue weighted by molar-refractivity contribution is -0.137. The van der Waals surface area contributed by atoms with E-state index in [9.17, 15) is 14.7 Å². The largest absolute Gasteiger partial charge is 0.508 e. The number of aromatic hydroxyl groups is 1. The van der Waals surface area contributed by atoms with Gasteiger partial charge in [-0.15, -0.1) is 0 Å². The minimum atomic E-state index is -0.696. The highest BCUT2D eigenvalue weighted by Crippen LogP contribution is 2.28. The number of piperidine rings is 1. The zero-order valence-electron chi connectivity index (χ0n) is 15.0. The standard InChI is InChI=1S/C18H27N3O3/c1-11-8-13(22)6-7-14(11)20-16(24)15(23)19-12-9-17(2,3)21-18(4,5)10-12/h6-8,12,21-22H,9-10H2,1-5H3,(H,19,23)(H,20,24). The van der Waals surface area contributed by atoms with Crippen molar-refractivity contribution in [1.29, 1.82) is 0 Å². The van der Waals surface area contributed by atoms with E-state index < -0.39 is 11.8 Å². The minimum absolute atomic E-state index is 0.0598. The maximum absolute atomic E-state index is 12.2. The van der Waals surface area contributed by atoms with Crippen LogP contribution < -0.4 is 16.0 Å². The molecule has 1 saturated heterocycles. The number of phenolic OH excluding ortho intramolecular Hbond substituents is 1. The highest BCUT2D eigenvalue weighted by Gasteiger charge is 2.38. The Bertz CT molecular complexity index is 637. The van der Waals surface area contributed by atoms with Crippen LogP contribution in [0.2, 0.25) is 0 Å². The van der Waals surface area contributed by atoms with Gasteiger partial charge in [0.25, 0.3) is 0 Å². The Balaban J connectivity index is 2.00. The zero-order valence-corrected chi connectivity index (χ0v) is 15.0. The highest BCUT2D eigenvalue weighted by atomic mass is 16.3. The molecule has 1 fully saturated rings. The van der Waals surface area contributed by atoms with Crippen LogP contribution in [0.4, 0.5) is 5.69 Å². The van der Waals surface area contributed by atoms with Gasteiger partial charge in [0.15, 0.2) is 0 Å². The van der Waals surface area contributed by atoms with Crippen LogP contribution in [0, 0.1) is 6.92 Å². The maximum Gasteiger partial charge on any atom is 0.313 e. The molecule has 4 N–H and O–H groups in total. The Morgan fingerprint density at radius 3 is 2.25 bits per heavy atom. The van der Waals surface area contributed by atoms with Gasteiger partial charge in [0, 0.05) is 22.8 Å². The van der Waals surface area contributed by atoms with Crippen LogP contribution in [0.15, 0.2) is 18.2 Å². The molecular weight excluding hydrogens is 306 g/mol. The molecule has 1 heterocycles. The van der Waals surface area contributed by atoms with E-state index in [4.69, 9.17) is 0 Å². The smallest absolute Gasteiger partial charge is 0.313 e. The Morgan fingerprint density at radius 2 is 1.71 bits per heavy atom. The summed E-state index contributed by atoms with van der Waals surface area (Å²) < 4.78 is 0. The van der Waals surface area contributed by atoms with E-state index in [-0.39, 0.29) is 22.9 Å². The lowest BCUT2D eigenvalue weighted by Gasteiger charge is -2.46. The van der Waals surface area contributed by atoms with Crippen molar-refractivity contribution in [2.75, 3.05) is 5.32 Å². The average Bonchev–Trinajstić information content (AvgIpc) is 2.38.